The summed E-state index contributed by atoms with van der Waals surface area (Å²) in [4.78, 5) is 23.7. The fourth-order valence-electron chi connectivity index (χ4n) is 9.00. The van der Waals surface area contributed by atoms with Crippen molar-refractivity contribution in [3.63, 3.8) is 0 Å². The summed E-state index contributed by atoms with van der Waals surface area (Å²) in [7, 11) is 0. The van der Waals surface area contributed by atoms with Crippen molar-refractivity contribution in [1.29, 1.82) is 0 Å². The lowest BCUT2D eigenvalue weighted by Crippen LogP contribution is -2.30. The third kappa shape index (κ3) is 14.3. The molecule has 0 aliphatic heterocycles. The van der Waals surface area contributed by atoms with Gasteiger partial charge in [-0.05, 0) is 131 Å². The molecule has 3 rings (SSSR count). The highest BCUT2D eigenvalue weighted by atomic mass is 16.5. The zero-order valence-electron chi connectivity index (χ0n) is 31.5. The SMILES string of the molecule is C=C(CO)C(=O)OCCCC(CCCOC(=O)C(=C)CO)C(=C)/C=C\C(=C)C1CCC(C2CCC(C3CCC(CCCCC)CC3)CC2)CC1. The molecule has 6 heteroatoms. The molecule has 3 fully saturated rings. The zero-order chi connectivity index (χ0) is 36.3. The predicted octanol–water partition coefficient (Wildman–Crippen LogP) is 10.0. The van der Waals surface area contributed by atoms with Crippen molar-refractivity contribution < 1.29 is 29.3 Å². The monoisotopic (exact) mass is 695 g/mol. The number of carbonyl (C=O) groups is 2. The van der Waals surface area contributed by atoms with E-state index in [4.69, 9.17) is 19.7 Å². The van der Waals surface area contributed by atoms with Gasteiger partial charge >= 0.3 is 11.9 Å². The van der Waals surface area contributed by atoms with Gasteiger partial charge in [0, 0.05) is 0 Å². The average molecular weight is 695 g/mol. The summed E-state index contributed by atoms with van der Waals surface area (Å²) in [5.74, 6) is 4.28. The Bertz CT molecular complexity index is 1080. The van der Waals surface area contributed by atoms with Crippen molar-refractivity contribution in [3.8, 4) is 0 Å². The summed E-state index contributed by atoms with van der Waals surface area (Å²) >= 11 is 0. The molecule has 3 saturated carbocycles. The van der Waals surface area contributed by atoms with Crippen LogP contribution in [0.25, 0.3) is 0 Å². The van der Waals surface area contributed by atoms with Crippen LogP contribution in [0, 0.1) is 41.4 Å². The fraction of sp³-hybridized carbons (Fsp3) is 0.727. The summed E-state index contributed by atoms with van der Waals surface area (Å²) in [6, 6.07) is 0. The van der Waals surface area contributed by atoms with Crippen LogP contribution in [0.4, 0.5) is 0 Å². The minimum Gasteiger partial charge on any atom is -0.462 e. The Labute approximate surface area is 304 Å². The molecule has 0 spiro atoms. The molecule has 0 amide bonds. The number of hydrogen-bond donors (Lipinski definition) is 2. The first-order chi connectivity index (χ1) is 24.2. The number of carbonyl (C=O) groups excluding carboxylic acids is 2. The Balaban J connectivity index is 1.40. The minimum atomic E-state index is -0.581. The second-order valence-corrected chi connectivity index (χ2v) is 15.8. The van der Waals surface area contributed by atoms with Crippen molar-refractivity contribution >= 4 is 11.9 Å². The molecular weight excluding hydrogens is 624 g/mol. The number of hydrogen-bond acceptors (Lipinski definition) is 6. The van der Waals surface area contributed by atoms with Crippen molar-refractivity contribution in [2.45, 2.75) is 135 Å². The van der Waals surface area contributed by atoms with Gasteiger partial charge in [-0.2, -0.15) is 0 Å². The van der Waals surface area contributed by atoms with E-state index >= 15 is 0 Å². The highest BCUT2D eigenvalue weighted by molar-refractivity contribution is 5.88. The molecule has 50 heavy (non-hydrogen) atoms. The molecule has 0 radical (unpaired) electrons. The summed E-state index contributed by atoms with van der Waals surface area (Å²) in [6.45, 7) is 17.8. The maximum atomic E-state index is 11.9. The number of aliphatic hydroxyl groups excluding tert-OH is 2. The van der Waals surface area contributed by atoms with Crippen molar-refractivity contribution in [1.82, 2.24) is 0 Å². The Kier molecular flexibility index (Phi) is 19.5. The second-order valence-electron chi connectivity index (χ2n) is 15.8. The van der Waals surface area contributed by atoms with Crippen molar-refractivity contribution in [3.05, 3.63) is 60.8 Å². The zero-order valence-corrected chi connectivity index (χ0v) is 31.5. The number of unbranched alkanes of at least 4 members (excludes halogenated alkanes) is 2. The Morgan fingerprint density at radius 3 is 1.52 bits per heavy atom. The van der Waals surface area contributed by atoms with Gasteiger partial charge in [0.05, 0.1) is 37.6 Å². The number of ether oxygens (including phenoxy) is 2. The van der Waals surface area contributed by atoms with E-state index in [1.807, 2.05) is 0 Å². The molecule has 0 aromatic rings. The standard InChI is InChI=1S/C44H70O6/c1-6-7-8-11-36-16-18-39(19-17-36)41-24-26-42(27-25-41)40-22-20-38(21-23-40)33(3)15-14-32(2)37(12-9-28-49-43(47)34(4)30-45)13-10-29-50-44(48)35(5)31-46/h14-15,36-42,45-46H,2-13,16-31H2,1H3/b15-14-. The molecule has 0 saturated heterocycles. The van der Waals surface area contributed by atoms with E-state index in [-0.39, 0.29) is 30.3 Å². The van der Waals surface area contributed by atoms with Crippen LogP contribution >= 0.6 is 0 Å². The highest BCUT2D eigenvalue weighted by Gasteiger charge is 2.35. The summed E-state index contributed by atoms with van der Waals surface area (Å²) in [5.41, 5.74) is 2.26. The molecule has 6 nitrogen and oxygen atoms in total. The molecule has 0 unspecified atom stereocenters. The Hall–Kier alpha value is -2.44. The molecule has 3 aliphatic rings. The van der Waals surface area contributed by atoms with E-state index in [1.165, 1.54) is 108 Å². The second kappa shape index (κ2) is 23.2. The quantitative estimate of drug-likeness (QED) is 0.0507. The van der Waals surface area contributed by atoms with Crippen LogP contribution in [0.15, 0.2) is 60.8 Å². The maximum absolute atomic E-state index is 11.9. The molecular formula is C44H70O6. The molecule has 3 aliphatic carbocycles. The van der Waals surface area contributed by atoms with Gasteiger partial charge in [0.25, 0.3) is 0 Å². The van der Waals surface area contributed by atoms with Crippen LogP contribution < -0.4 is 0 Å². The van der Waals surface area contributed by atoms with Crippen LogP contribution in [0.2, 0.25) is 0 Å². The summed E-state index contributed by atoms with van der Waals surface area (Å²) in [5, 5.41) is 18.2. The smallest absolute Gasteiger partial charge is 0.335 e. The normalized spacial score (nSPS) is 25.7. The van der Waals surface area contributed by atoms with E-state index in [1.54, 1.807) is 0 Å². The molecule has 0 atom stereocenters. The highest BCUT2D eigenvalue weighted by Crippen LogP contribution is 2.47. The van der Waals surface area contributed by atoms with Gasteiger partial charge in [-0.3, -0.25) is 0 Å². The topological polar surface area (TPSA) is 93.1 Å². The third-order valence-corrected chi connectivity index (χ3v) is 12.4. The number of allylic oxidation sites excluding steroid dienone is 4. The van der Waals surface area contributed by atoms with E-state index < -0.39 is 25.2 Å². The summed E-state index contributed by atoms with van der Waals surface area (Å²) in [6.07, 6.45) is 29.6. The first-order valence-corrected chi connectivity index (χ1v) is 20.1. The van der Waals surface area contributed by atoms with E-state index in [0.717, 1.165) is 48.0 Å². The average Bonchev–Trinajstić information content (AvgIpc) is 3.15. The number of rotatable bonds is 22. The molecule has 0 bridgehead atoms. The number of esters is 2. The predicted molar refractivity (Wildman–Crippen MR) is 204 cm³/mol. The third-order valence-electron chi connectivity index (χ3n) is 12.4. The summed E-state index contributed by atoms with van der Waals surface area (Å²) < 4.78 is 10.5. The minimum absolute atomic E-state index is 0.0424. The first-order valence-electron chi connectivity index (χ1n) is 20.1. The van der Waals surface area contributed by atoms with Crippen LogP contribution in [0.3, 0.4) is 0 Å². The largest absolute Gasteiger partial charge is 0.462 e. The molecule has 0 aromatic carbocycles. The van der Waals surface area contributed by atoms with Gasteiger partial charge in [0.15, 0.2) is 0 Å². The van der Waals surface area contributed by atoms with E-state index in [9.17, 15) is 9.59 Å². The lowest BCUT2D eigenvalue weighted by Gasteiger charge is -2.41. The van der Waals surface area contributed by atoms with Crippen molar-refractivity contribution in [2.75, 3.05) is 26.4 Å². The Morgan fingerprint density at radius 1 is 0.640 bits per heavy atom. The molecule has 282 valence electrons. The van der Waals surface area contributed by atoms with Crippen LogP contribution in [-0.2, 0) is 19.1 Å². The van der Waals surface area contributed by atoms with Gasteiger partial charge in [-0.15, -0.1) is 0 Å². The Morgan fingerprint density at radius 2 is 1.08 bits per heavy atom. The first kappa shape index (κ1) is 42.0. The van der Waals surface area contributed by atoms with E-state index in [2.05, 4.69) is 45.4 Å². The lowest BCUT2D eigenvalue weighted by atomic mass is 9.64. The molecule has 0 heterocycles. The van der Waals surface area contributed by atoms with Crippen LogP contribution in [0.1, 0.15) is 135 Å². The van der Waals surface area contributed by atoms with Gasteiger partial charge in [-0.1, -0.05) is 95.1 Å². The fourth-order valence-corrected chi connectivity index (χ4v) is 9.00. The lowest BCUT2D eigenvalue weighted by molar-refractivity contribution is -0.140. The molecule has 2 N–H and O–H groups in total. The van der Waals surface area contributed by atoms with Crippen LogP contribution in [-0.4, -0.2) is 48.6 Å². The van der Waals surface area contributed by atoms with Gasteiger partial charge in [0.2, 0.25) is 0 Å². The molecule has 0 aromatic heterocycles. The van der Waals surface area contributed by atoms with Gasteiger partial charge in [-0.25, -0.2) is 9.59 Å². The van der Waals surface area contributed by atoms with Gasteiger partial charge in [0.1, 0.15) is 0 Å². The van der Waals surface area contributed by atoms with Gasteiger partial charge < -0.3 is 19.7 Å². The van der Waals surface area contributed by atoms with Crippen LogP contribution in [0.5, 0.6) is 0 Å². The van der Waals surface area contributed by atoms with E-state index in [0.29, 0.717) is 18.8 Å². The number of aliphatic hydroxyl groups is 2. The van der Waals surface area contributed by atoms with Crippen molar-refractivity contribution in [2.24, 2.45) is 41.4 Å². The maximum Gasteiger partial charge on any atom is 0.335 e.